The molecule has 6 heteroatoms. The van der Waals surface area contributed by atoms with Crippen molar-refractivity contribution in [3.8, 4) is 0 Å². The predicted molar refractivity (Wildman–Crippen MR) is 48.4 cm³/mol. The van der Waals surface area contributed by atoms with E-state index in [-0.39, 0.29) is 12.2 Å². The molecule has 0 spiro atoms. The molecule has 0 amide bonds. The van der Waals surface area contributed by atoms with Crippen LogP contribution in [0, 0.1) is 0 Å². The molecule has 2 aliphatic rings. The maximum atomic E-state index is 10.2. The highest BCUT2D eigenvalue weighted by molar-refractivity contribution is 5.61. The fraction of sp³-hybridized carbons (Fsp3) is 0.778. The van der Waals surface area contributed by atoms with Gasteiger partial charge in [0.1, 0.15) is 18.8 Å². The van der Waals surface area contributed by atoms with Crippen molar-refractivity contribution in [3.05, 3.63) is 0 Å². The Bertz CT molecular complexity index is 239. The van der Waals surface area contributed by atoms with Gasteiger partial charge in [0, 0.05) is 6.42 Å². The lowest BCUT2D eigenvalue weighted by molar-refractivity contribution is -0.0154. The summed E-state index contributed by atoms with van der Waals surface area (Å²) in [5.41, 5.74) is 0. The molecule has 0 N–H and O–H groups in total. The number of hydrogen-bond acceptors (Lipinski definition) is 6. The van der Waals surface area contributed by atoms with Crippen molar-refractivity contribution in [2.24, 2.45) is 0 Å². The van der Waals surface area contributed by atoms with Crippen molar-refractivity contribution in [3.63, 3.8) is 0 Å². The molecule has 0 saturated carbocycles. The Morgan fingerprint density at radius 3 is 1.87 bits per heavy atom. The first-order valence-corrected chi connectivity index (χ1v) is 4.74. The van der Waals surface area contributed by atoms with Crippen LogP contribution in [0.25, 0.3) is 0 Å². The molecule has 2 heterocycles. The molecule has 2 rings (SSSR count). The van der Waals surface area contributed by atoms with Gasteiger partial charge in [0.2, 0.25) is 0 Å². The number of cyclic esters (lactones) is 4. The number of hydrogen-bond donors (Lipinski definition) is 0. The van der Waals surface area contributed by atoms with Gasteiger partial charge in [-0.3, -0.25) is 0 Å². The van der Waals surface area contributed by atoms with Crippen molar-refractivity contribution in [2.75, 3.05) is 13.2 Å². The first kappa shape index (κ1) is 11.6. The second kappa shape index (κ2) is 5.43. The van der Waals surface area contributed by atoms with E-state index in [0.717, 1.165) is 6.42 Å². The highest BCUT2D eigenvalue weighted by atomic mass is 16.8. The molecular weight excluding hydrogens is 204 g/mol. The minimum absolute atomic E-state index is 0.0382. The normalized spacial score (nSPS) is 28.9. The van der Waals surface area contributed by atoms with E-state index in [0.29, 0.717) is 13.2 Å². The fourth-order valence-corrected chi connectivity index (χ4v) is 0.983. The second-order valence-corrected chi connectivity index (χ2v) is 3.31. The summed E-state index contributed by atoms with van der Waals surface area (Å²) in [5.74, 6) is 0. The summed E-state index contributed by atoms with van der Waals surface area (Å²) >= 11 is 0. The molecule has 0 aromatic heterocycles. The summed E-state index contributed by atoms with van der Waals surface area (Å²) in [6, 6.07) is 0. The van der Waals surface area contributed by atoms with E-state index in [2.05, 4.69) is 18.9 Å². The monoisotopic (exact) mass is 218 g/mol. The minimum atomic E-state index is -0.549. The molecule has 2 aliphatic heterocycles. The van der Waals surface area contributed by atoms with Crippen LogP contribution in [0.4, 0.5) is 9.59 Å². The lowest BCUT2D eigenvalue weighted by Gasteiger charge is -2.17. The van der Waals surface area contributed by atoms with E-state index in [1.807, 2.05) is 6.92 Å². The van der Waals surface area contributed by atoms with Gasteiger partial charge in [0.05, 0.1) is 6.61 Å². The van der Waals surface area contributed by atoms with Gasteiger partial charge in [-0.25, -0.2) is 9.59 Å². The Morgan fingerprint density at radius 2 is 1.60 bits per heavy atom. The van der Waals surface area contributed by atoms with Crippen LogP contribution in [0.2, 0.25) is 0 Å². The minimum Gasteiger partial charge on any atom is -0.434 e. The zero-order valence-electron chi connectivity index (χ0n) is 8.73. The van der Waals surface area contributed by atoms with Gasteiger partial charge in [0.15, 0.2) is 0 Å². The molecule has 0 radical (unpaired) electrons. The summed E-state index contributed by atoms with van der Waals surface area (Å²) < 4.78 is 18.0. The third-order valence-electron chi connectivity index (χ3n) is 1.78. The summed E-state index contributed by atoms with van der Waals surface area (Å²) in [5, 5.41) is 0. The summed E-state index contributed by atoms with van der Waals surface area (Å²) in [4.78, 5) is 20.2. The fourth-order valence-electron chi connectivity index (χ4n) is 0.983. The molecule has 2 fully saturated rings. The lowest BCUT2D eigenvalue weighted by Crippen LogP contribution is -2.24. The maximum Gasteiger partial charge on any atom is 0.508 e. The molecule has 6 nitrogen and oxygen atoms in total. The van der Waals surface area contributed by atoms with Crippen molar-refractivity contribution in [1.82, 2.24) is 0 Å². The Hall–Kier alpha value is -1.46. The standard InChI is InChI=1S/C5H8O3.C4H6O3/c1-4-2-3-7-5(6)8-4;1-3-2-6-4(5)7-3/h4H,2-3H2,1H3;3H,2H2,1H3. The van der Waals surface area contributed by atoms with Gasteiger partial charge in [-0.15, -0.1) is 0 Å². The molecule has 2 atom stereocenters. The smallest absolute Gasteiger partial charge is 0.434 e. The molecule has 0 aliphatic carbocycles. The largest absolute Gasteiger partial charge is 0.508 e. The van der Waals surface area contributed by atoms with Gasteiger partial charge in [0.25, 0.3) is 0 Å². The average Bonchev–Trinajstić information content (AvgIpc) is 2.50. The third kappa shape index (κ3) is 4.53. The number of carbonyl (C=O) groups excluding carboxylic acids is 2. The predicted octanol–water partition coefficient (Wildman–Crippen LogP) is 1.47. The van der Waals surface area contributed by atoms with E-state index in [1.165, 1.54) is 0 Å². The van der Waals surface area contributed by atoms with E-state index in [9.17, 15) is 9.59 Å². The van der Waals surface area contributed by atoms with E-state index in [1.54, 1.807) is 6.92 Å². The summed E-state index contributed by atoms with van der Waals surface area (Å²) in [6.07, 6.45) is -0.286. The van der Waals surface area contributed by atoms with Gasteiger partial charge in [-0.05, 0) is 13.8 Å². The number of ether oxygens (including phenoxy) is 4. The second-order valence-electron chi connectivity index (χ2n) is 3.31. The van der Waals surface area contributed by atoms with Gasteiger partial charge in [-0.2, -0.15) is 0 Å². The van der Waals surface area contributed by atoms with E-state index >= 15 is 0 Å². The van der Waals surface area contributed by atoms with E-state index < -0.39 is 12.3 Å². The molecule has 0 bridgehead atoms. The van der Waals surface area contributed by atoms with E-state index in [4.69, 9.17) is 0 Å². The van der Waals surface area contributed by atoms with Crippen molar-refractivity contribution < 1.29 is 28.5 Å². The molecule has 86 valence electrons. The highest BCUT2D eigenvalue weighted by Crippen LogP contribution is 2.05. The molecule has 2 saturated heterocycles. The molecule has 0 aromatic carbocycles. The highest BCUT2D eigenvalue weighted by Gasteiger charge is 2.19. The molecule has 15 heavy (non-hydrogen) atoms. The first-order chi connectivity index (χ1) is 7.08. The third-order valence-corrected chi connectivity index (χ3v) is 1.78. The molecular formula is C9H14O6. The quantitative estimate of drug-likeness (QED) is 0.573. The Balaban J connectivity index is 0.000000151. The SMILES string of the molecule is CC1CCOC(=O)O1.CC1COC(=O)O1. The van der Waals surface area contributed by atoms with Crippen molar-refractivity contribution >= 4 is 12.3 Å². The van der Waals surface area contributed by atoms with Gasteiger partial charge >= 0.3 is 12.3 Å². The summed E-state index contributed by atoms with van der Waals surface area (Å²) in [6.45, 7) is 4.53. The van der Waals surface area contributed by atoms with Crippen LogP contribution in [-0.2, 0) is 18.9 Å². The maximum absolute atomic E-state index is 10.2. The molecule has 2 unspecified atom stereocenters. The van der Waals surface area contributed by atoms with Gasteiger partial charge < -0.3 is 18.9 Å². The van der Waals surface area contributed by atoms with Crippen LogP contribution < -0.4 is 0 Å². The van der Waals surface area contributed by atoms with Crippen LogP contribution in [0.1, 0.15) is 20.3 Å². The number of carbonyl (C=O) groups is 2. The zero-order chi connectivity index (χ0) is 11.3. The molecule has 0 aromatic rings. The Kier molecular flexibility index (Phi) is 4.20. The Morgan fingerprint density at radius 1 is 1.00 bits per heavy atom. The zero-order valence-corrected chi connectivity index (χ0v) is 8.73. The lowest BCUT2D eigenvalue weighted by atomic mass is 10.3. The van der Waals surface area contributed by atoms with Crippen LogP contribution in [0.15, 0.2) is 0 Å². The van der Waals surface area contributed by atoms with Crippen LogP contribution >= 0.6 is 0 Å². The van der Waals surface area contributed by atoms with Crippen molar-refractivity contribution in [1.29, 1.82) is 0 Å². The van der Waals surface area contributed by atoms with Crippen LogP contribution in [0.3, 0.4) is 0 Å². The number of rotatable bonds is 0. The van der Waals surface area contributed by atoms with Crippen LogP contribution in [-0.4, -0.2) is 37.7 Å². The average molecular weight is 218 g/mol. The first-order valence-electron chi connectivity index (χ1n) is 4.74. The Labute approximate surface area is 87.4 Å². The topological polar surface area (TPSA) is 71.1 Å². The van der Waals surface area contributed by atoms with Crippen molar-refractivity contribution in [2.45, 2.75) is 32.5 Å². The summed E-state index contributed by atoms with van der Waals surface area (Å²) in [7, 11) is 0. The van der Waals surface area contributed by atoms with Crippen LogP contribution in [0.5, 0.6) is 0 Å². The van der Waals surface area contributed by atoms with Gasteiger partial charge in [-0.1, -0.05) is 0 Å².